The molecule has 0 bridgehead atoms. The molecule has 0 saturated heterocycles. The Morgan fingerprint density at radius 1 is 0.471 bits per heavy atom. The fraction of sp³-hybridized carbons (Fsp3) is 0. The Bertz CT molecular complexity index is 3140. The summed E-state index contributed by atoms with van der Waals surface area (Å²) in [6, 6.07) is 53.4. The molecule has 0 radical (unpaired) electrons. The Labute approximate surface area is 305 Å². The molecule has 0 N–H and O–H groups in total. The molecule has 6 nitrogen and oxygen atoms in total. The maximum absolute atomic E-state index is 6.49. The summed E-state index contributed by atoms with van der Waals surface area (Å²) in [6.45, 7) is 0. The number of rotatable bonds is 4. The monoisotopic (exact) mass is 745 g/mol. The maximum Gasteiger partial charge on any atom is 2.00 e. The molecule has 11 aromatic rings. The number of imidazole rings is 1. The molecule has 0 spiro atoms. The standard InChI is InChI=1S/C44H25N5O.Pd/c1-2-10-28(11-3-1)48-40-18-7-5-15-34(40)36-26-37-35-16-9-21-45-44(35)49(42(37)27-41(36)48)29-12-8-13-30(24-29)50-31-19-20-32-33-14-4-6-17-39(33)47-23-22-46-43(47)38(32)25-31;/h1-23,26-27H;/q-2;+2. The molecular formula is C44H25N5OPd. The molecule has 0 aliphatic heterocycles. The number of hydrogen-bond acceptors (Lipinski definition) is 3. The van der Waals surface area contributed by atoms with Crippen molar-refractivity contribution >= 4 is 71.1 Å². The molecule has 0 amide bonds. The van der Waals surface area contributed by atoms with E-state index in [1.807, 2.05) is 42.9 Å². The van der Waals surface area contributed by atoms with Gasteiger partial charge in [-0.3, -0.25) is 4.98 Å². The fourth-order valence-electron chi connectivity index (χ4n) is 7.68. The van der Waals surface area contributed by atoms with Crippen molar-refractivity contribution in [2.45, 2.75) is 0 Å². The van der Waals surface area contributed by atoms with Crippen molar-refractivity contribution in [3.8, 4) is 22.9 Å². The first-order valence-corrected chi connectivity index (χ1v) is 16.6. The smallest absolute Gasteiger partial charge is 0.503 e. The summed E-state index contributed by atoms with van der Waals surface area (Å²) >= 11 is 0. The van der Waals surface area contributed by atoms with Crippen LogP contribution in [0.4, 0.5) is 0 Å². The Morgan fingerprint density at radius 2 is 1.18 bits per heavy atom. The molecule has 5 heterocycles. The SMILES string of the molecule is [Pd+2].[c-]1c(Oc2[c-]c3c(cc2)c2ccccc2n2ccnc32)cccc1-n1c2cc3c(cc2c2cccnc21)c1ccccc1n3-c1ccccc1. The first kappa shape index (κ1) is 29.6. The van der Waals surface area contributed by atoms with Gasteiger partial charge in [0.25, 0.3) is 0 Å². The van der Waals surface area contributed by atoms with Crippen LogP contribution in [0, 0.1) is 12.1 Å². The third kappa shape index (κ3) is 4.39. The second-order valence-corrected chi connectivity index (χ2v) is 12.5. The summed E-state index contributed by atoms with van der Waals surface area (Å²) < 4.78 is 13.1. The van der Waals surface area contributed by atoms with Gasteiger partial charge < -0.3 is 18.3 Å². The molecule has 0 aliphatic rings. The van der Waals surface area contributed by atoms with Crippen molar-refractivity contribution in [3.63, 3.8) is 0 Å². The van der Waals surface area contributed by atoms with Gasteiger partial charge in [-0.05, 0) is 53.9 Å². The number of ether oxygens (including phenoxy) is 1. The first-order chi connectivity index (χ1) is 24.8. The number of para-hydroxylation sites is 3. The van der Waals surface area contributed by atoms with Gasteiger partial charge in [-0.25, -0.2) is 4.98 Å². The van der Waals surface area contributed by atoms with Crippen molar-refractivity contribution in [2.24, 2.45) is 0 Å². The van der Waals surface area contributed by atoms with Gasteiger partial charge in [-0.15, -0.1) is 30.3 Å². The largest absolute Gasteiger partial charge is 2.00 e. The number of hydrogen-bond donors (Lipinski definition) is 0. The van der Waals surface area contributed by atoms with Crippen LogP contribution < -0.4 is 4.74 Å². The summed E-state index contributed by atoms with van der Waals surface area (Å²) in [5.74, 6) is 1.18. The number of fused-ring (bicyclic) bond motifs is 12. The van der Waals surface area contributed by atoms with E-state index in [1.54, 1.807) is 0 Å². The molecule has 7 heteroatoms. The predicted octanol–water partition coefficient (Wildman–Crippen LogP) is 10.6. The fourth-order valence-corrected chi connectivity index (χ4v) is 7.68. The third-order valence-electron chi connectivity index (χ3n) is 9.78. The molecule has 6 aromatic carbocycles. The van der Waals surface area contributed by atoms with E-state index in [4.69, 9.17) is 9.72 Å². The number of nitrogens with zero attached hydrogens (tertiary/aromatic N) is 5. The summed E-state index contributed by atoms with van der Waals surface area (Å²) in [6.07, 6.45) is 5.66. The van der Waals surface area contributed by atoms with Crippen LogP contribution in [0.3, 0.4) is 0 Å². The van der Waals surface area contributed by atoms with Crippen LogP contribution in [0.15, 0.2) is 152 Å². The zero-order valence-electron chi connectivity index (χ0n) is 26.9. The number of pyridine rings is 2. The topological polar surface area (TPSA) is 49.3 Å². The van der Waals surface area contributed by atoms with Crippen molar-refractivity contribution in [2.75, 3.05) is 0 Å². The van der Waals surface area contributed by atoms with E-state index in [2.05, 4.69) is 140 Å². The van der Waals surface area contributed by atoms with E-state index in [1.165, 1.54) is 16.3 Å². The van der Waals surface area contributed by atoms with Crippen LogP contribution in [0.5, 0.6) is 11.5 Å². The van der Waals surface area contributed by atoms with E-state index in [0.29, 0.717) is 11.5 Å². The summed E-state index contributed by atoms with van der Waals surface area (Å²) in [7, 11) is 0. The van der Waals surface area contributed by atoms with Gasteiger partial charge in [-0.1, -0.05) is 77.1 Å². The molecular weight excluding hydrogens is 721 g/mol. The van der Waals surface area contributed by atoms with E-state index < -0.39 is 0 Å². The van der Waals surface area contributed by atoms with E-state index in [-0.39, 0.29) is 20.4 Å². The minimum Gasteiger partial charge on any atom is -0.503 e. The summed E-state index contributed by atoms with van der Waals surface area (Å²) in [4.78, 5) is 9.56. The van der Waals surface area contributed by atoms with Crippen LogP contribution in [-0.4, -0.2) is 23.5 Å². The molecule has 0 aliphatic carbocycles. The second-order valence-electron chi connectivity index (χ2n) is 12.5. The zero-order valence-corrected chi connectivity index (χ0v) is 28.4. The van der Waals surface area contributed by atoms with Crippen LogP contribution in [-0.2, 0) is 20.4 Å². The second kappa shape index (κ2) is 11.4. The Balaban J connectivity index is 0.00000327. The molecule has 11 rings (SSSR count). The van der Waals surface area contributed by atoms with Crippen LogP contribution >= 0.6 is 0 Å². The molecule has 51 heavy (non-hydrogen) atoms. The molecule has 5 aromatic heterocycles. The van der Waals surface area contributed by atoms with Crippen molar-refractivity contribution < 1.29 is 25.2 Å². The van der Waals surface area contributed by atoms with Crippen molar-refractivity contribution in [3.05, 3.63) is 164 Å². The van der Waals surface area contributed by atoms with E-state index in [9.17, 15) is 0 Å². The van der Waals surface area contributed by atoms with Crippen molar-refractivity contribution in [1.29, 1.82) is 0 Å². The Kier molecular flexibility index (Phi) is 6.62. The van der Waals surface area contributed by atoms with Gasteiger partial charge in [0.2, 0.25) is 0 Å². The first-order valence-electron chi connectivity index (χ1n) is 16.6. The molecule has 0 atom stereocenters. The minimum absolute atomic E-state index is 0. The van der Waals surface area contributed by atoms with Crippen LogP contribution in [0.2, 0.25) is 0 Å². The Hall–Kier alpha value is -6.26. The van der Waals surface area contributed by atoms with Gasteiger partial charge in [0.1, 0.15) is 5.65 Å². The van der Waals surface area contributed by atoms with Crippen LogP contribution in [0.1, 0.15) is 0 Å². The third-order valence-corrected chi connectivity index (χ3v) is 9.78. The predicted molar refractivity (Wildman–Crippen MR) is 201 cm³/mol. The van der Waals surface area contributed by atoms with Crippen molar-refractivity contribution in [1.82, 2.24) is 23.5 Å². The van der Waals surface area contributed by atoms with Crippen LogP contribution in [0.25, 0.3) is 82.4 Å². The van der Waals surface area contributed by atoms with Gasteiger partial charge >= 0.3 is 20.4 Å². The number of aromatic nitrogens is 5. The van der Waals surface area contributed by atoms with E-state index >= 15 is 0 Å². The summed E-state index contributed by atoms with van der Waals surface area (Å²) in [5.41, 5.74) is 8.12. The van der Waals surface area contributed by atoms with Gasteiger partial charge in [-0.2, -0.15) is 6.07 Å². The zero-order chi connectivity index (χ0) is 32.8. The normalized spacial score (nSPS) is 11.8. The van der Waals surface area contributed by atoms with Gasteiger partial charge in [0, 0.05) is 62.8 Å². The van der Waals surface area contributed by atoms with Gasteiger partial charge in [0.15, 0.2) is 0 Å². The maximum atomic E-state index is 6.49. The number of benzene rings is 6. The Morgan fingerprint density at radius 3 is 2.06 bits per heavy atom. The average molecular weight is 746 g/mol. The molecule has 0 unspecified atom stereocenters. The van der Waals surface area contributed by atoms with Gasteiger partial charge in [0.05, 0.1) is 22.2 Å². The molecule has 0 saturated carbocycles. The average Bonchev–Trinajstić information content (AvgIpc) is 3.88. The van der Waals surface area contributed by atoms with E-state index in [0.717, 1.165) is 66.2 Å². The quantitative estimate of drug-likeness (QED) is 0.102. The minimum atomic E-state index is 0. The molecule has 0 fully saturated rings. The summed E-state index contributed by atoms with van der Waals surface area (Å²) in [5, 5.41) is 7.77. The molecule has 242 valence electrons.